The fraction of sp³-hybridized carbons (Fsp3) is 0.412. The van der Waals surface area contributed by atoms with Crippen molar-refractivity contribution in [2.24, 2.45) is 5.92 Å². The van der Waals surface area contributed by atoms with E-state index in [-0.39, 0.29) is 5.91 Å². The summed E-state index contributed by atoms with van der Waals surface area (Å²) < 4.78 is 2.30. The van der Waals surface area contributed by atoms with E-state index in [2.05, 4.69) is 55.2 Å². The number of anilines is 1. The number of thioether (sulfide) groups is 1. The Labute approximate surface area is 271 Å². The minimum atomic E-state index is -1.14. The highest BCUT2D eigenvalue weighted by Crippen LogP contribution is 2.41. The molecule has 2 aromatic rings. The van der Waals surface area contributed by atoms with E-state index in [9.17, 15) is 19.5 Å². The summed E-state index contributed by atoms with van der Waals surface area (Å²) in [5, 5.41) is 9.49. The van der Waals surface area contributed by atoms with Gasteiger partial charge in [0, 0.05) is 30.4 Å². The van der Waals surface area contributed by atoms with E-state index < -0.39 is 18.1 Å². The van der Waals surface area contributed by atoms with E-state index in [1.54, 1.807) is 6.08 Å². The number of unbranched alkanes of at least 4 members (excludes halogenated alkanes) is 3. The Morgan fingerprint density at radius 1 is 1.11 bits per heavy atom. The first-order valence-electron chi connectivity index (χ1n) is 15.4. The minimum absolute atomic E-state index is 0.291. The van der Waals surface area contributed by atoms with Gasteiger partial charge >= 0.3 is 5.97 Å². The third-order valence-electron chi connectivity index (χ3n) is 8.29. The van der Waals surface area contributed by atoms with Crippen LogP contribution in [-0.4, -0.2) is 43.9 Å². The minimum Gasteiger partial charge on any atom is -0.480 e. The molecule has 1 aliphatic carbocycles. The standard InChI is InChI=1S/C34H39N3O4S3/c1-4-6-7-10-18-36-26-14-9-8-13-24(26)16-17-25-20-23(19-22(3)29(25)36)12-11-15-27-31(40)37(21-28(38)39)33(43-27)30-32(41)35(5-2)34(42)44-30/h8-9,11-15,20,22H,4-7,10,16-19,21H2,1-3H3,(H,38,39)/b12-11+,27-15+,33-30+. The molecule has 7 nitrogen and oxygen atoms in total. The molecule has 3 heterocycles. The van der Waals surface area contributed by atoms with Gasteiger partial charge in [-0.15, -0.1) is 11.3 Å². The van der Waals surface area contributed by atoms with Crippen molar-refractivity contribution in [1.82, 2.24) is 9.47 Å². The number of thiazole rings is 1. The summed E-state index contributed by atoms with van der Waals surface area (Å²) in [7, 11) is 0. The van der Waals surface area contributed by atoms with Crippen molar-refractivity contribution in [3.8, 4) is 0 Å². The molecule has 1 fully saturated rings. The summed E-state index contributed by atoms with van der Waals surface area (Å²) in [5.41, 5.74) is 6.33. The maximum absolute atomic E-state index is 13.3. The molecule has 2 aliphatic heterocycles. The lowest BCUT2D eigenvalue weighted by Crippen LogP contribution is -2.35. The number of fused-ring (bicyclic) bond motifs is 1. The number of aliphatic carboxylic acids is 1. The number of allylic oxidation sites excluding steroid dienone is 6. The Morgan fingerprint density at radius 3 is 2.64 bits per heavy atom. The van der Waals surface area contributed by atoms with Gasteiger partial charge in [-0.25, -0.2) is 0 Å². The molecule has 1 N–H and O–H groups in total. The molecule has 232 valence electrons. The quantitative estimate of drug-likeness (QED) is 0.266. The summed E-state index contributed by atoms with van der Waals surface area (Å²) in [4.78, 5) is 42.2. The summed E-state index contributed by atoms with van der Waals surface area (Å²) in [5.74, 6) is -1.09. The van der Waals surface area contributed by atoms with Crippen LogP contribution in [0.15, 0.2) is 64.1 Å². The molecule has 1 atom stereocenters. The number of amides is 1. The van der Waals surface area contributed by atoms with Gasteiger partial charge in [0.2, 0.25) is 0 Å². The highest BCUT2D eigenvalue weighted by Gasteiger charge is 2.33. The fourth-order valence-corrected chi connectivity index (χ4v) is 8.84. The van der Waals surface area contributed by atoms with Crippen LogP contribution in [-0.2, 0) is 22.6 Å². The molecule has 0 saturated carbocycles. The summed E-state index contributed by atoms with van der Waals surface area (Å²) in [6.07, 6.45) is 15.7. The smallest absolute Gasteiger partial charge is 0.323 e. The average Bonchev–Trinajstić information content (AvgIpc) is 3.38. The number of aromatic nitrogens is 1. The number of aryl methyl sites for hydroxylation is 1. The number of para-hydroxylation sites is 1. The number of rotatable bonds is 10. The number of carboxylic acid groups (broad SMARTS) is 1. The van der Waals surface area contributed by atoms with Crippen LogP contribution >= 0.6 is 35.3 Å². The van der Waals surface area contributed by atoms with Crippen molar-refractivity contribution in [2.75, 3.05) is 18.0 Å². The third kappa shape index (κ3) is 6.72. The highest BCUT2D eigenvalue weighted by molar-refractivity contribution is 8.30. The van der Waals surface area contributed by atoms with Crippen LogP contribution in [0.5, 0.6) is 0 Å². The average molecular weight is 650 g/mol. The van der Waals surface area contributed by atoms with Gasteiger partial charge in [0.15, 0.2) is 0 Å². The predicted molar refractivity (Wildman–Crippen MR) is 185 cm³/mol. The van der Waals surface area contributed by atoms with Crippen molar-refractivity contribution in [2.45, 2.75) is 72.3 Å². The van der Waals surface area contributed by atoms with Crippen LogP contribution in [0.2, 0.25) is 0 Å². The number of thiocarbonyl (C=S) groups is 1. The molecule has 5 rings (SSSR count). The third-order valence-corrected chi connectivity index (χ3v) is 11.0. The second-order valence-corrected chi connectivity index (χ2v) is 14.1. The van der Waals surface area contributed by atoms with Gasteiger partial charge in [0.1, 0.15) is 20.4 Å². The normalized spacial score (nSPS) is 20.4. The molecular formula is C34H39N3O4S3. The second-order valence-electron chi connectivity index (χ2n) is 11.4. The van der Waals surface area contributed by atoms with Gasteiger partial charge < -0.3 is 10.0 Å². The molecule has 1 saturated heterocycles. The van der Waals surface area contributed by atoms with Crippen LogP contribution < -0.4 is 19.7 Å². The lowest BCUT2D eigenvalue weighted by molar-refractivity contribution is -0.137. The SMILES string of the molecule is CCCCCCN1C2=C(C=C(/C=C/C=c3/s/c(=C4/SC(=S)N(CC)C4=O)n(CC(=O)O)c3=O)CC2C)CCc2ccccc21. The maximum atomic E-state index is 13.3. The first-order valence-corrected chi connectivity index (χ1v) is 17.4. The van der Waals surface area contributed by atoms with E-state index in [1.165, 1.54) is 63.2 Å². The molecule has 10 heteroatoms. The maximum Gasteiger partial charge on any atom is 0.323 e. The topological polar surface area (TPSA) is 82.8 Å². The zero-order chi connectivity index (χ0) is 31.4. The Kier molecular flexibility index (Phi) is 10.4. The van der Waals surface area contributed by atoms with E-state index in [4.69, 9.17) is 12.2 Å². The molecule has 0 bridgehead atoms. The van der Waals surface area contributed by atoms with Gasteiger partial charge in [0.25, 0.3) is 11.5 Å². The van der Waals surface area contributed by atoms with Crippen molar-refractivity contribution in [3.63, 3.8) is 0 Å². The van der Waals surface area contributed by atoms with Crippen molar-refractivity contribution < 1.29 is 14.7 Å². The van der Waals surface area contributed by atoms with E-state index in [0.29, 0.717) is 30.9 Å². The van der Waals surface area contributed by atoms with Crippen molar-refractivity contribution in [1.29, 1.82) is 0 Å². The van der Waals surface area contributed by atoms with Crippen LogP contribution in [0.1, 0.15) is 64.9 Å². The Hall–Kier alpha value is -3.21. The lowest BCUT2D eigenvalue weighted by Gasteiger charge is -2.35. The number of hydrogen-bond acceptors (Lipinski definition) is 7. The predicted octanol–water partition coefficient (Wildman–Crippen LogP) is 5.57. The fourth-order valence-electron chi connectivity index (χ4n) is 6.24. The van der Waals surface area contributed by atoms with E-state index in [1.807, 2.05) is 13.0 Å². The number of hydrogen-bond donors (Lipinski definition) is 1. The largest absolute Gasteiger partial charge is 0.480 e. The Balaban J connectivity index is 1.48. The van der Waals surface area contributed by atoms with Crippen LogP contribution in [0.3, 0.4) is 0 Å². The first kappa shape index (κ1) is 32.2. The van der Waals surface area contributed by atoms with E-state index >= 15 is 0 Å². The summed E-state index contributed by atoms with van der Waals surface area (Å²) >= 11 is 7.59. The second kappa shape index (κ2) is 14.3. The molecule has 44 heavy (non-hydrogen) atoms. The van der Waals surface area contributed by atoms with Crippen molar-refractivity contribution >= 4 is 68.2 Å². The monoisotopic (exact) mass is 649 g/mol. The zero-order valence-corrected chi connectivity index (χ0v) is 28.0. The molecule has 0 spiro atoms. The number of benzene rings is 1. The number of nitrogens with zero attached hydrogens (tertiary/aromatic N) is 3. The summed E-state index contributed by atoms with van der Waals surface area (Å²) in [6.45, 7) is 7.30. The van der Waals surface area contributed by atoms with Gasteiger partial charge in [-0.05, 0) is 61.5 Å². The van der Waals surface area contributed by atoms with Crippen molar-refractivity contribution in [3.05, 3.63) is 84.4 Å². The van der Waals surface area contributed by atoms with Crippen LogP contribution in [0, 0.1) is 5.92 Å². The molecule has 0 radical (unpaired) electrons. The molecule has 3 aliphatic rings. The van der Waals surface area contributed by atoms with Gasteiger partial charge in [-0.3, -0.25) is 23.9 Å². The van der Waals surface area contributed by atoms with E-state index in [0.717, 1.165) is 48.9 Å². The zero-order valence-electron chi connectivity index (χ0n) is 25.5. The Bertz CT molecular complexity index is 1750. The van der Waals surface area contributed by atoms with Gasteiger partial charge in [-0.1, -0.05) is 93.5 Å². The van der Waals surface area contributed by atoms with Crippen LogP contribution in [0.4, 0.5) is 5.69 Å². The number of carbonyl (C=O) groups excluding carboxylic acids is 1. The molecule has 1 unspecified atom stereocenters. The molecule has 1 amide bonds. The number of carboxylic acids is 1. The molecule has 1 aromatic carbocycles. The van der Waals surface area contributed by atoms with Gasteiger partial charge in [0.05, 0.1) is 4.53 Å². The first-order chi connectivity index (χ1) is 21.2. The van der Waals surface area contributed by atoms with Crippen LogP contribution in [0.25, 0.3) is 11.0 Å². The molecular weight excluding hydrogens is 611 g/mol. The number of carbonyl (C=O) groups is 2. The van der Waals surface area contributed by atoms with Gasteiger partial charge in [-0.2, -0.15) is 0 Å². The summed E-state index contributed by atoms with van der Waals surface area (Å²) in [6, 6.07) is 8.80. The lowest BCUT2D eigenvalue weighted by atomic mass is 9.86. The highest BCUT2D eigenvalue weighted by atomic mass is 32.2. The Morgan fingerprint density at radius 2 is 1.91 bits per heavy atom. The molecule has 1 aromatic heterocycles.